The molecule has 0 saturated carbocycles. The van der Waals surface area contributed by atoms with Crippen molar-refractivity contribution < 1.29 is 19.4 Å². The molecular weight excluding hydrogens is 246 g/mol. The van der Waals surface area contributed by atoms with Crippen LogP contribution in [0.1, 0.15) is 34.6 Å². The summed E-state index contributed by atoms with van der Waals surface area (Å²) in [6.07, 6.45) is 0.0102. The minimum absolute atomic E-state index is 0.0102. The number of hydrogen-bond donors (Lipinski definition) is 1. The highest BCUT2D eigenvalue weighted by Crippen LogP contribution is 2.17. The van der Waals surface area contributed by atoms with E-state index in [0.29, 0.717) is 18.7 Å². The molecule has 1 aromatic carbocycles. The second-order valence-electron chi connectivity index (χ2n) is 4.70. The number of aromatic carboxylic acids is 1. The number of carbonyl (C=O) groups excluding carboxylic acids is 1. The lowest BCUT2D eigenvalue weighted by molar-refractivity contribution is -0.0440. The SMILES string of the molecule is C[C@@H]1OCCN(C(=O)c2ccc(C(=O)O)cc2)[C@H]1C. The molecule has 1 fully saturated rings. The molecule has 1 heterocycles. The van der Waals surface area contributed by atoms with Crippen LogP contribution in [0.15, 0.2) is 24.3 Å². The van der Waals surface area contributed by atoms with E-state index in [1.165, 1.54) is 12.1 Å². The van der Waals surface area contributed by atoms with Crippen LogP contribution in [0.25, 0.3) is 0 Å². The Balaban J connectivity index is 2.17. The highest BCUT2D eigenvalue weighted by Gasteiger charge is 2.29. The molecule has 1 aliphatic rings. The average molecular weight is 263 g/mol. The molecule has 2 rings (SSSR count). The monoisotopic (exact) mass is 263 g/mol. The van der Waals surface area contributed by atoms with Gasteiger partial charge in [0.05, 0.1) is 24.3 Å². The van der Waals surface area contributed by atoms with E-state index < -0.39 is 5.97 Å². The number of carboxylic acids is 1. The zero-order chi connectivity index (χ0) is 14.0. The molecule has 19 heavy (non-hydrogen) atoms. The van der Waals surface area contributed by atoms with Gasteiger partial charge in [0, 0.05) is 12.1 Å². The first-order valence-corrected chi connectivity index (χ1v) is 6.26. The Bertz CT molecular complexity index is 483. The van der Waals surface area contributed by atoms with Crippen LogP contribution in [0.2, 0.25) is 0 Å². The van der Waals surface area contributed by atoms with Gasteiger partial charge in [-0.05, 0) is 38.1 Å². The molecule has 5 nitrogen and oxygen atoms in total. The number of carboxylic acid groups (broad SMARTS) is 1. The van der Waals surface area contributed by atoms with Crippen LogP contribution < -0.4 is 0 Å². The van der Waals surface area contributed by atoms with Crippen LogP contribution in [-0.2, 0) is 4.74 Å². The summed E-state index contributed by atoms with van der Waals surface area (Å²) in [5.74, 6) is -1.08. The second kappa shape index (κ2) is 5.40. The first-order chi connectivity index (χ1) is 9.00. The van der Waals surface area contributed by atoms with Crippen molar-refractivity contribution >= 4 is 11.9 Å². The molecule has 0 unspecified atom stereocenters. The number of carbonyl (C=O) groups is 2. The fraction of sp³-hybridized carbons (Fsp3) is 0.429. The van der Waals surface area contributed by atoms with Gasteiger partial charge in [-0.2, -0.15) is 0 Å². The number of amides is 1. The van der Waals surface area contributed by atoms with Gasteiger partial charge < -0.3 is 14.7 Å². The van der Waals surface area contributed by atoms with Gasteiger partial charge in [-0.3, -0.25) is 4.79 Å². The summed E-state index contributed by atoms with van der Waals surface area (Å²) in [5, 5.41) is 8.83. The molecule has 2 atom stereocenters. The third kappa shape index (κ3) is 2.76. The van der Waals surface area contributed by atoms with Crippen LogP contribution in [0.3, 0.4) is 0 Å². The molecule has 0 spiro atoms. The van der Waals surface area contributed by atoms with Crippen molar-refractivity contribution in [2.45, 2.75) is 26.0 Å². The van der Waals surface area contributed by atoms with Gasteiger partial charge in [0.2, 0.25) is 0 Å². The van der Waals surface area contributed by atoms with Crippen molar-refractivity contribution in [1.29, 1.82) is 0 Å². The normalized spacial score (nSPS) is 23.2. The third-order valence-electron chi connectivity index (χ3n) is 3.52. The fourth-order valence-electron chi connectivity index (χ4n) is 2.14. The number of nitrogens with zero attached hydrogens (tertiary/aromatic N) is 1. The molecule has 5 heteroatoms. The Morgan fingerprint density at radius 1 is 1.21 bits per heavy atom. The number of morpholine rings is 1. The minimum atomic E-state index is -0.993. The molecule has 1 saturated heterocycles. The van der Waals surface area contributed by atoms with Gasteiger partial charge >= 0.3 is 5.97 Å². The summed E-state index contributed by atoms with van der Waals surface area (Å²) in [5.41, 5.74) is 0.686. The summed E-state index contributed by atoms with van der Waals surface area (Å²) < 4.78 is 5.49. The molecule has 0 aliphatic carbocycles. The highest BCUT2D eigenvalue weighted by atomic mass is 16.5. The van der Waals surface area contributed by atoms with E-state index in [9.17, 15) is 9.59 Å². The first-order valence-electron chi connectivity index (χ1n) is 6.26. The third-order valence-corrected chi connectivity index (χ3v) is 3.52. The molecule has 1 aromatic rings. The van der Waals surface area contributed by atoms with Gasteiger partial charge in [0.15, 0.2) is 0 Å². The summed E-state index contributed by atoms with van der Waals surface area (Å²) in [7, 11) is 0. The van der Waals surface area contributed by atoms with Crippen LogP contribution >= 0.6 is 0 Å². The minimum Gasteiger partial charge on any atom is -0.478 e. The molecular formula is C14H17NO4. The van der Waals surface area contributed by atoms with Crippen LogP contribution in [0, 0.1) is 0 Å². The van der Waals surface area contributed by atoms with E-state index in [1.54, 1.807) is 17.0 Å². The van der Waals surface area contributed by atoms with Gasteiger partial charge in [0.25, 0.3) is 5.91 Å². The smallest absolute Gasteiger partial charge is 0.335 e. The molecule has 0 aromatic heterocycles. The lowest BCUT2D eigenvalue weighted by Gasteiger charge is -2.37. The van der Waals surface area contributed by atoms with Crippen molar-refractivity contribution in [1.82, 2.24) is 4.90 Å². The topological polar surface area (TPSA) is 66.8 Å². The molecule has 1 amide bonds. The molecule has 1 aliphatic heterocycles. The summed E-state index contributed by atoms with van der Waals surface area (Å²) in [6.45, 7) is 4.99. The first kappa shape index (κ1) is 13.5. The van der Waals surface area contributed by atoms with E-state index in [4.69, 9.17) is 9.84 Å². The Kier molecular flexibility index (Phi) is 3.85. The van der Waals surface area contributed by atoms with E-state index in [2.05, 4.69) is 0 Å². The summed E-state index contributed by atoms with van der Waals surface area (Å²) >= 11 is 0. The lowest BCUT2D eigenvalue weighted by atomic mass is 10.1. The predicted molar refractivity (Wildman–Crippen MR) is 69.3 cm³/mol. The zero-order valence-corrected chi connectivity index (χ0v) is 11.0. The fourth-order valence-corrected chi connectivity index (χ4v) is 2.14. The number of rotatable bonds is 2. The summed E-state index contributed by atoms with van der Waals surface area (Å²) in [6, 6.07) is 6.02. The maximum Gasteiger partial charge on any atom is 0.335 e. The zero-order valence-electron chi connectivity index (χ0n) is 11.0. The standard InChI is InChI=1S/C14H17NO4/c1-9-10(2)19-8-7-15(9)13(16)11-3-5-12(6-4-11)14(17)18/h3-6,9-10H,7-8H2,1-2H3,(H,17,18)/t9-,10-/m0/s1. The van der Waals surface area contributed by atoms with Crippen molar-refractivity contribution in [2.75, 3.05) is 13.2 Å². The van der Waals surface area contributed by atoms with E-state index in [1.807, 2.05) is 13.8 Å². The second-order valence-corrected chi connectivity index (χ2v) is 4.70. The highest BCUT2D eigenvalue weighted by molar-refractivity contribution is 5.96. The van der Waals surface area contributed by atoms with Gasteiger partial charge in [-0.15, -0.1) is 0 Å². The number of benzene rings is 1. The predicted octanol–water partition coefficient (Wildman–Crippen LogP) is 1.63. The van der Waals surface area contributed by atoms with Crippen molar-refractivity contribution in [3.05, 3.63) is 35.4 Å². The van der Waals surface area contributed by atoms with Gasteiger partial charge in [-0.1, -0.05) is 0 Å². The Morgan fingerprint density at radius 2 is 1.79 bits per heavy atom. The van der Waals surface area contributed by atoms with Gasteiger partial charge in [-0.25, -0.2) is 4.79 Å². The van der Waals surface area contributed by atoms with Crippen molar-refractivity contribution in [3.8, 4) is 0 Å². The quantitative estimate of drug-likeness (QED) is 0.880. The van der Waals surface area contributed by atoms with E-state index in [0.717, 1.165) is 0 Å². The van der Waals surface area contributed by atoms with Crippen LogP contribution in [0.5, 0.6) is 0 Å². The molecule has 1 N–H and O–H groups in total. The summed E-state index contributed by atoms with van der Waals surface area (Å²) in [4.78, 5) is 24.9. The lowest BCUT2D eigenvalue weighted by Crippen LogP contribution is -2.51. The maximum atomic E-state index is 12.4. The molecule has 0 bridgehead atoms. The van der Waals surface area contributed by atoms with Crippen LogP contribution in [0.4, 0.5) is 0 Å². The number of hydrogen-bond acceptors (Lipinski definition) is 3. The van der Waals surface area contributed by atoms with E-state index >= 15 is 0 Å². The molecule has 0 radical (unpaired) electrons. The number of ether oxygens (including phenoxy) is 1. The average Bonchev–Trinajstić information content (AvgIpc) is 2.41. The van der Waals surface area contributed by atoms with Crippen molar-refractivity contribution in [2.24, 2.45) is 0 Å². The van der Waals surface area contributed by atoms with E-state index in [-0.39, 0.29) is 23.6 Å². The Morgan fingerprint density at radius 3 is 2.37 bits per heavy atom. The Hall–Kier alpha value is -1.88. The van der Waals surface area contributed by atoms with Crippen molar-refractivity contribution in [3.63, 3.8) is 0 Å². The van der Waals surface area contributed by atoms with Gasteiger partial charge in [0.1, 0.15) is 0 Å². The van der Waals surface area contributed by atoms with Crippen LogP contribution in [-0.4, -0.2) is 47.2 Å². The molecule has 102 valence electrons. The maximum absolute atomic E-state index is 12.4. The largest absolute Gasteiger partial charge is 0.478 e. The Labute approximate surface area is 111 Å².